The lowest BCUT2D eigenvalue weighted by atomic mass is 9.93. The van der Waals surface area contributed by atoms with Crippen molar-refractivity contribution >= 4 is 29.5 Å². The van der Waals surface area contributed by atoms with Crippen molar-refractivity contribution in [3.8, 4) is 0 Å². The van der Waals surface area contributed by atoms with Crippen molar-refractivity contribution in [3.05, 3.63) is 71.2 Å². The van der Waals surface area contributed by atoms with E-state index in [2.05, 4.69) is 10.1 Å². The SMILES string of the molecule is COC(=O)c1cc(NC(=O)C[C@H]2c3ccccc3C=CN2C(C)=O)ccc1F. The Morgan fingerprint density at radius 1 is 1.18 bits per heavy atom. The number of carbonyl (C=O) groups excluding carboxylic acids is 3. The molecule has 0 bridgehead atoms. The van der Waals surface area contributed by atoms with Gasteiger partial charge in [0.15, 0.2) is 0 Å². The van der Waals surface area contributed by atoms with E-state index in [1.54, 1.807) is 6.20 Å². The average Bonchev–Trinajstić information content (AvgIpc) is 2.68. The molecule has 2 amide bonds. The molecule has 0 spiro atoms. The highest BCUT2D eigenvalue weighted by molar-refractivity contribution is 5.95. The van der Waals surface area contributed by atoms with Gasteiger partial charge in [-0.15, -0.1) is 0 Å². The van der Waals surface area contributed by atoms with Gasteiger partial charge in [-0.1, -0.05) is 24.3 Å². The quantitative estimate of drug-likeness (QED) is 0.821. The minimum atomic E-state index is -0.831. The number of benzene rings is 2. The molecular weight excluding hydrogens is 363 g/mol. The fourth-order valence-electron chi connectivity index (χ4n) is 3.17. The molecule has 0 saturated heterocycles. The minimum Gasteiger partial charge on any atom is -0.465 e. The highest BCUT2D eigenvalue weighted by Gasteiger charge is 2.28. The molecular formula is C21H19FN2O4. The molecule has 1 aliphatic heterocycles. The van der Waals surface area contributed by atoms with Crippen molar-refractivity contribution in [2.45, 2.75) is 19.4 Å². The van der Waals surface area contributed by atoms with Crippen LogP contribution in [0.15, 0.2) is 48.7 Å². The Morgan fingerprint density at radius 3 is 2.64 bits per heavy atom. The Labute approximate surface area is 161 Å². The van der Waals surface area contributed by atoms with Crippen molar-refractivity contribution < 1.29 is 23.5 Å². The zero-order valence-electron chi connectivity index (χ0n) is 15.4. The number of carbonyl (C=O) groups is 3. The van der Waals surface area contributed by atoms with E-state index in [1.807, 2.05) is 30.3 Å². The van der Waals surface area contributed by atoms with Crippen molar-refractivity contribution in [1.82, 2.24) is 4.90 Å². The summed E-state index contributed by atoms with van der Waals surface area (Å²) >= 11 is 0. The van der Waals surface area contributed by atoms with Gasteiger partial charge in [0.25, 0.3) is 0 Å². The maximum Gasteiger partial charge on any atom is 0.340 e. The summed E-state index contributed by atoms with van der Waals surface area (Å²) in [5.74, 6) is -2.12. The largest absolute Gasteiger partial charge is 0.465 e. The molecule has 3 rings (SSSR count). The molecule has 28 heavy (non-hydrogen) atoms. The number of fused-ring (bicyclic) bond motifs is 1. The summed E-state index contributed by atoms with van der Waals surface area (Å²) in [5.41, 5.74) is 1.80. The first-order valence-electron chi connectivity index (χ1n) is 8.64. The van der Waals surface area contributed by atoms with E-state index in [-0.39, 0.29) is 29.5 Å². The molecule has 0 aromatic heterocycles. The molecule has 0 fully saturated rings. The van der Waals surface area contributed by atoms with Gasteiger partial charge in [0.2, 0.25) is 11.8 Å². The molecule has 0 radical (unpaired) electrons. The summed E-state index contributed by atoms with van der Waals surface area (Å²) in [5, 5.41) is 2.65. The van der Waals surface area contributed by atoms with Gasteiger partial charge in [-0.05, 0) is 35.4 Å². The van der Waals surface area contributed by atoms with Gasteiger partial charge < -0.3 is 15.0 Å². The van der Waals surface area contributed by atoms with Gasteiger partial charge in [-0.3, -0.25) is 9.59 Å². The lowest BCUT2D eigenvalue weighted by Gasteiger charge is -2.32. The van der Waals surface area contributed by atoms with Crippen LogP contribution in [0.25, 0.3) is 6.08 Å². The van der Waals surface area contributed by atoms with Crippen LogP contribution in [0.1, 0.15) is 40.9 Å². The van der Waals surface area contributed by atoms with E-state index in [0.717, 1.165) is 24.3 Å². The van der Waals surface area contributed by atoms with E-state index in [1.165, 1.54) is 24.0 Å². The number of nitrogens with zero attached hydrogens (tertiary/aromatic N) is 1. The van der Waals surface area contributed by atoms with Gasteiger partial charge in [0, 0.05) is 18.8 Å². The van der Waals surface area contributed by atoms with Crippen LogP contribution in [0.3, 0.4) is 0 Å². The number of hydrogen-bond donors (Lipinski definition) is 1. The van der Waals surface area contributed by atoms with Crippen molar-refractivity contribution in [3.63, 3.8) is 0 Å². The van der Waals surface area contributed by atoms with Crippen LogP contribution in [0.4, 0.5) is 10.1 Å². The summed E-state index contributed by atoms with van der Waals surface area (Å²) in [4.78, 5) is 37.7. The van der Waals surface area contributed by atoms with Gasteiger partial charge in [-0.25, -0.2) is 9.18 Å². The minimum absolute atomic E-state index is 0.00582. The molecule has 1 N–H and O–H groups in total. The van der Waals surface area contributed by atoms with E-state index >= 15 is 0 Å². The molecule has 0 unspecified atom stereocenters. The second kappa shape index (κ2) is 8.04. The van der Waals surface area contributed by atoms with E-state index in [0.29, 0.717) is 0 Å². The third-order valence-corrected chi connectivity index (χ3v) is 4.50. The van der Waals surface area contributed by atoms with Crippen LogP contribution in [-0.4, -0.2) is 29.8 Å². The zero-order valence-corrected chi connectivity index (χ0v) is 15.4. The molecule has 2 aromatic rings. The second-order valence-electron chi connectivity index (χ2n) is 6.33. The van der Waals surface area contributed by atoms with E-state index in [4.69, 9.17) is 0 Å². The van der Waals surface area contributed by atoms with E-state index < -0.39 is 17.8 Å². The van der Waals surface area contributed by atoms with Crippen LogP contribution >= 0.6 is 0 Å². The van der Waals surface area contributed by atoms with Crippen LogP contribution in [0, 0.1) is 5.82 Å². The number of methoxy groups -OCH3 is 1. The fourth-order valence-corrected chi connectivity index (χ4v) is 3.17. The van der Waals surface area contributed by atoms with Crippen LogP contribution in [0.5, 0.6) is 0 Å². The first-order valence-corrected chi connectivity index (χ1v) is 8.64. The second-order valence-corrected chi connectivity index (χ2v) is 6.33. The van der Waals surface area contributed by atoms with Crippen molar-refractivity contribution in [1.29, 1.82) is 0 Å². The topological polar surface area (TPSA) is 75.7 Å². The fraction of sp³-hybridized carbons (Fsp3) is 0.190. The first kappa shape index (κ1) is 19.3. The maximum absolute atomic E-state index is 13.8. The van der Waals surface area contributed by atoms with Crippen LogP contribution < -0.4 is 5.32 Å². The summed E-state index contributed by atoms with van der Waals surface area (Å²) in [6.45, 7) is 1.44. The normalized spacial score (nSPS) is 15.0. The Balaban J connectivity index is 1.81. The van der Waals surface area contributed by atoms with Gasteiger partial charge >= 0.3 is 5.97 Å². The highest BCUT2D eigenvalue weighted by Crippen LogP contribution is 2.33. The summed E-state index contributed by atoms with van der Waals surface area (Å²) in [6.07, 6.45) is 3.50. The molecule has 7 heteroatoms. The van der Waals surface area contributed by atoms with Gasteiger partial charge in [0.05, 0.1) is 25.1 Å². The Morgan fingerprint density at radius 2 is 1.93 bits per heavy atom. The number of anilines is 1. The van der Waals surface area contributed by atoms with Crippen LogP contribution in [-0.2, 0) is 14.3 Å². The first-order chi connectivity index (χ1) is 13.4. The monoisotopic (exact) mass is 382 g/mol. The summed E-state index contributed by atoms with van der Waals surface area (Å²) < 4.78 is 18.3. The lowest BCUT2D eigenvalue weighted by Crippen LogP contribution is -2.33. The number of amides is 2. The Hall–Kier alpha value is -3.48. The number of esters is 1. The maximum atomic E-state index is 13.8. The number of ether oxygens (including phenoxy) is 1. The number of rotatable bonds is 4. The molecule has 0 saturated carbocycles. The van der Waals surface area contributed by atoms with Crippen molar-refractivity contribution in [2.75, 3.05) is 12.4 Å². The standard InChI is InChI=1S/C21H19FN2O4/c1-13(25)24-10-9-14-5-3-4-6-16(14)19(24)12-20(26)23-15-7-8-18(22)17(11-15)21(27)28-2/h3-11,19H,12H2,1-2H3,(H,23,26)/t19-/m0/s1. The molecule has 0 aliphatic carbocycles. The molecule has 144 valence electrons. The molecule has 6 nitrogen and oxygen atoms in total. The third-order valence-electron chi connectivity index (χ3n) is 4.50. The van der Waals surface area contributed by atoms with E-state index in [9.17, 15) is 18.8 Å². The van der Waals surface area contributed by atoms with Gasteiger partial charge in [0.1, 0.15) is 5.82 Å². The number of nitrogens with one attached hydrogen (secondary N) is 1. The number of hydrogen-bond acceptors (Lipinski definition) is 4. The molecule has 1 atom stereocenters. The summed E-state index contributed by atoms with van der Waals surface area (Å²) in [7, 11) is 1.15. The van der Waals surface area contributed by atoms with Crippen molar-refractivity contribution in [2.24, 2.45) is 0 Å². The summed E-state index contributed by atoms with van der Waals surface area (Å²) in [6, 6.07) is 10.7. The highest BCUT2D eigenvalue weighted by atomic mass is 19.1. The smallest absolute Gasteiger partial charge is 0.340 e. The number of halogens is 1. The Bertz CT molecular complexity index is 971. The van der Waals surface area contributed by atoms with Gasteiger partial charge in [-0.2, -0.15) is 0 Å². The Kier molecular flexibility index (Phi) is 5.54. The zero-order chi connectivity index (χ0) is 20.3. The molecule has 2 aromatic carbocycles. The molecule has 1 heterocycles. The average molecular weight is 382 g/mol. The predicted molar refractivity (Wildman–Crippen MR) is 102 cm³/mol. The third kappa shape index (κ3) is 3.93. The van der Waals surface area contributed by atoms with Crippen LogP contribution in [0.2, 0.25) is 0 Å². The molecule has 1 aliphatic rings. The predicted octanol–water partition coefficient (Wildman–Crippen LogP) is 3.52. The lowest BCUT2D eigenvalue weighted by molar-refractivity contribution is -0.129.